The van der Waals surface area contributed by atoms with Crippen LogP contribution < -0.4 is 0 Å². The van der Waals surface area contributed by atoms with Crippen molar-refractivity contribution >= 4 is 23.2 Å². The third-order valence-electron chi connectivity index (χ3n) is 1.75. The molecule has 0 aromatic carbocycles. The summed E-state index contributed by atoms with van der Waals surface area (Å²) >= 11 is 5.04. The fourth-order valence-electron chi connectivity index (χ4n) is 1.10. The largest absolute Gasteiger partial charge is 0.339 e. The molecule has 0 aromatic heterocycles. The molecule has 1 heterocycles. The standard InChI is InChI=1S/C7H12N2OS/c1-3-4-9-5-6(10)8(2)7(9)11/h3-5H2,1-2H3. The number of hydrogen-bond acceptors (Lipinski definition) is 2. The van der Waals surface area contributed by atoms with Crippen LogP contribution in [0.25, 0.3) is 0 Å². The van der Waals surface area contributed by atoms with Crippen molar-refractivity contribution in [3.63, 3.8) is 0 Å². The van der Waals surface area contributed by atoms with Crippen molar-refractivity contribution in [2.24, 2.45) is 0 Å². The molecule has 62 valence electrons. The molecule has 1 fully saturated rings. The van der Waals surface area contributed by atoms with Gasteiger partial charge in [-0.1, -0.05) is 6.92 Å². The van der Waals surface area contributed by atoms with Gasteiger partial charge in [0.15, 0.2) is 5.11 Å². The smallest absolute Gasteiger partial charge is 0.248 e. The van der Waals surface area contributed by atoms with E-state index in [-0.39, 0.29) is 5.91 Å². The van der Waals surface area contributed by atoms with E-state index >= 15 is 0 Å². The average molecular weight is 172 g/mol. The summed E-state index contributed by atoms with van der Waals surface area (Å²) < 4.78 is 0. The molecule has 1 aliphatic heterocycles. The molecule has 0 N–H and O–H groups in total. The van der Waals surface area contributed by atoms with Gasteiger partial charge in [-0.15, -0.1) is 0 Å². The van der Waals surface area contributed by atoms with E-state index in [4.69, 9.17) is 12.2 Å². The van der Waals surface area contributed by atoms with Crippen LogP contribution in [0.3, 0.4) is 0 Å². The van der Waals surface area contributed by atoms with E-state index in [0.29, 0.717) is 11.7 Å². The number of likely N-dealkylation sites (N-methyl/N-ethyl adjacent to an activating group) is 1. The van der Waals surface area contributed by atoms with E-state index in [1.807, 2.05) is 4.90 Å². The van der Waals surface area contributed by atoms with Gasteiger partial charge < -0.3 is 4.90 Å². The number of rotatable bonds is 2. The van der Waals surface area contributed by atoms with Gasteiger partial charge in [-0.25, -0.2) is 0 Å². The first-order chi connectivity index (χ1) is 5.16. The SMILES string of the molecule is CCCN1CC(=O)N(C)C1=S. The Morgan fingerprint density at radius 1 is 1.64 bits per heavy atom. The Kier molecular flexibility index (Phi) is 2.44. The molecule has 1 saturated heterocycles. The number of carbonyl (C=O) groups is 1. The summed E-state index contributed by atoms with van der Waals surface area (Å²) in [6.45, 7) is 3.42. The van der Waals surface area contributed by atoms with Gasteiger partial charge in [-0.2, -0.15) is 0 Å². The molecule has 3 nitrogen and oxygen atoms in total. The Hall–Kier alpha value is -0.640. The minimum atomic E-state index is 0.100. The second-order valence-corrected chi connectivity index (χ2v) is 3.02. The number of nitrogens with zero attached hydrogens (tertiary/aromatic N) is 2. The normalized spacial score (nSPS) is 18.4. The predicted octanol–water partition coefficient (Wildman–Crippen LogP) is 0.455. The molecule has 0 radical (unpaired) electrons. The molecule has 0 atom stereocenters. The van der Waals surface area contributed by atoms with E-state index < -0.39 is 0 Å². The predicted molar refractivity (Wildman–Crippen MR) is 47.2 cm³/mol. The second kappa shape index (κ2) is 3.17. The van der Waals surface area contributed by atoms with E-state index in [2.05, 4.69) is 6.92 Å². The molecule has 1 amide bonds. The van der Waals surface area contributed by atoms with E-state index in [9.17, 15) is 4.79 Å². The number of carbonyl (C=O) groups excluding carboxylic acids is 1. The summed E-state index contributed by atoms with van der Waals surface area (Å²) in [5.41, 5.74) is 0. The van der Waals surface area contributed by atoms with Crippen molar-refractivity contribution in [1.82, 2.24) is 9.80 Å². The summed E-state index contributed by atoms with van der Waals surface area (Å²) in [4.78, 5) is 14.5. The highest BCUT2D eigenvalue weighted by atomic mass is 32.1. The van der Waals surface area contributed by atoms with Gasteiger partial charge in [0.1, 0.15) is 0 Å². The van der Waals surface area contributed by atoms with E-state index in [1.165, 1.54) is 4.90 Å². The van der Waals surface area contributed by atoms with Gasteiger partial charge in [0, 0.05) is 13.6 Å². The molecule has 0 saturated carbocycles. The van der Waals surface area contributed by atoms with Crippen LogP contribution in [0, 0.1) is 0 Å². The molecule has 4 heteroatoms. The number of hydrogen-bond donors (Lipinski definition) is 0. The molecule has 1 rings (SSSR count). The van der Waals surface area contributed by atoms with Gasteiger partial charge in [0.25, 0.3) is 0 Å². The van der Waals surface area contributed by atoms with Crippen molar-refractivity contribution in [1.29, 1.82) is 0 Å². The summed E-state index contributed by atoms with van der Waals surface area (Å²) in [7, 11) is 1.72. The maximum atomic E-state index is 11.1. The number of amides is 1. The topological polar surface area (TPSA) is 23.6 Å². The van der Waals surface area contributed by atoms with Crippen LogP contribution in [-0.4, -0.2) is 41.0 Å². The first-order valence-electron chi connectivity index (χ1n) is 3.72. The van der Waals surface area contributed by atoms with Crippen LogP contribution in [-0.2, 0) is 4.79 Å². The third kappa shape index (κ3) is 1.50. The Morgan fingerprint density at radius 2 is 2.27 bits per heavy atom. The zero-order chi connectivity index (χ0) is 8.43. The Morgan fingerprint density at radius 3 is 2.64 bits per heavy atom. The van der Waals surface area contributed by atoms with Gasteiger partial charge >= 0.3 is 0 Å². The minimum absolute atomic E-state index is 0.100. The van der Waals surface area contributed by atoms with Crippen LogP contribution in [0.2, 0.25) is 0 Å². The maximum absolute atomic E-state index is 11.1. The zero-order valence-corrected chi connectivity index (χ0v) is 7.65. The third-order valence-corrected chi connectivity index (χ3v) is 2.28. The zero-order valence-electron chi connectivity index (χ0n) is 6.83. The number of thiocarbonyl (C=S) groups is 1. The minimum Gasteiger partial charge on any atom is -0.339 e. The molecule has 1 aliphatic rings. The van der Waals surface area contributed by atoms with Crippen LogP contribution in [0.1, 0.15) is 13.3 Å². The van der Waals surface area contributed by atoms with Gasteiger partial charge in [-0.3, -0.25) is 9.69 Å². The Bertz CT molecular complexity index is 193. The molecular formula is C7H12N2OS. The monoisotopic (exact) mass is 172 g/mol. The van der Waals surface area contributed by atoms with Gasteiger partial charge in [0.05, 0.1) is 6.54 Å². The fraction of sp³-hybridized carbons (Fsp3) is 0.714. The lowest BCUT2D eigenvalue weighted by molar-refractivity contribution is -0.124. The molecule has 0 unspecified atom stereocenters. The van der Waals surface area contributed by atoms with Crippen LogP contribution in [0.4, 0.5) is 0 Å². The van der Waals surface area contributed by atoms with Gasteiger partial charge in [0.2, 0.25) is 5.91 Å². The van der Waals surface area contributed by atoms with Crippen molar-refractivity contribution in [2.45, 2.75) is 13.3 Å². The summed E-state index contributed by atoms with van der Waals surface area (Å²) in [5.74, 6) is 0.100. The van der Waals surface area contributed by atoms with E-state index in [1.54, 1.807) is 7.05 Å². The highest BCUT2D eigenvalue weighted by molar-refractivity contribution is 7.80. The quantitative estimate of drug-likeness (QED) is 0.565. The summed E-state index contributed by atoms with van der Waals surface area (Å²) in [6.07, 6.45) is 1.03. The average Bonchev–Trinajstić information content (AvgIpc) is 2.19. The highest BCUT2D eigenvalue weighted by Gasteiger charge is 2.28. The molecule has 0 bridgehead atoms. The van der Waals surface area contributed by atoms with E-state index in [0.717, 1.165) is 13.0 Å². The molecule has 0 spiro atoms. The van der Waals surface area contributed by atoms with Crippen LogP contribution in [0.5, 0.6) is 0 Å². The Balaban J connectivity index is 2.60. The van der Waals surface area contributed by atoms with Crippen molar-refractivity contribution in [2.75, 3.05) is 20.1 Å². The molecule has 0 aromatic rings. The van der Waals surface area contributed by atoms with Crippen LogP contribution >= 0.6 is 12.2 Å². The fourth-order valence-corrected chi connectivity index (χ4v) is 1.36. The molecule has 11 heavy (non-hydrogen) atoms. The maximum Gasteiger partial charge on any atom is 0.248 e. The van der Waals surface area contributed by atoms with Crippen molar-refractivity contribution in [3.05, 3.63) is 0 Å². The Labute approximate surface area is 72.0 Å². The summed E-state index contributed by atoms with van der Waals surface area (Å²) in [5, 5.41) is 0.664. The first-order valence-corrected chi connectivity index (χ1v) is 4.13. The van der Waals surface area contributed by atoms with Crippen molar-refractivity contribution < 1.29 is 4.79 Å². The van der Waals surface area contributed by atoms with Crippen LogP contribution in [0.15, 0.2) is 0 Å². The second-order valence-electron chi connectivity index (χ2n) is 2.66. The lowest BCUT2D eigenvalue weighted by atomic mass is 10.4. The summed E-state index contributed by atoms with van der Waals surface area (Å²) in [6, 6.07) is 0. The lowest BCUT2D eigenvalue weighted by Gasteiger charge is -2.15. The first kappa shape index (κ1) is 8.46. The molecule has 0 aliphatic carbocycles. The lowest BCUT2D eigenvalue weighted by Crippen LogP contribution is -2.30. The van der Waals surface area contributed by atoms with Crippen molar-refractivity contribution in [3.8, 4) is 0 Å². The van der Waals surface area contributed by atoms with Gasteiger partial charge in [-0.05, 0) is 18.6 Å². The molecular weight excluding hydrogens is 160 g/mol. The highest BCUT2D eigenvalue weighted by Crippen LogP contribution is 2.07.